The highest BCUT2D eigenvalue weighted by Crippen LogP contribution is 2.40. The minimum Gasteiger partial charge on any atom is -0.494 e. The van der Waals surface area contributed by atoms with Crippen molar-refractivity contribution < 1.29 is 57.1 Å². The van der Waals surface area contributed by atoms with E-state index in [1.54, 1.807) is 47.4 Å². The molecule has 2 aliphatic rings. The molecule has 0 saturated heterocycles. The molecular weight excluding hydrogens is 1060 g/mol. The first-order valence-electron chi connectivity index (χ1n) is 25.9. The Labute approximate surface area is 460 Å². The molecule has 1 saturated carbocycles. The molecule has 1 aliphatic carbocycles. The van der Waals surface area contributed by atoms with Crippen LogP contribution in [0.15, 0.2) is 85.0 Å². The average Bonchev–Trinajstić information content (AvgIpc) is 4.14. The first-order valence-corrected chi connectivity index (χ1v) is 31.0. The summed E-state index contributed by atoms with van der Waals surface area (Å²) in [6, 6.07) is 20.1. The van der Waals surface area contributed by atoms with Gasteiger partial charge in [0.1, 0.15) is 31.4 Å². The molecule has 5 atom stereocenters. The SMILES string of the molecule is C[C@H]1CCC/C=C/[C@@H]2C[C@H](OC(=O)CCCC(=O)OCCCCCCOc3ccc(-c4cc(=S)ss4)cc3)C[C@H]2[C@H](OC(=O)CCCC(=O)OCCCCCCOc2ccc(-c3cc(=S)ss3)cc2)/C=C/C(=O)O1. The highest BCUT2D eigenvalue weighted by Gasteiger charge is 2.40. The van der Waals surface area contributed by atoms with Crippen molar-refractivity contribution in [2.75, 3.05) is 26.4 Å². The molecule has 3 heterocycles. The fourth-order valence-corrected chi connectivity index (χ4v) is 13.5. The third kappa shape index (κ3) is 21.9. The van der Waals surface area contributed by atoms with Gasteiger partial charge in [-0.25, -0.2) is 4.79 Å². The summed E-state index contributed by atoms with van der Waals surface area (Å²) in [5.74, 6) is -0.882. The fourth-order valence-electron chi connectivity index (χ4n) is 8.68. The third-order valence-corrected chi connectivity index (χ3v) is 18.4. The van der Waals surface area contributed by atoms with Gasteiger partial charge < -0.3 is 33.2 Å². The lowest BCUT2D eigenvalue weighted by Gasteiger charge is -2.25. The number of rotatable bonds is 28. The van der Waals surface area contributed by atoms with Crippen molar-refractivity contribution >= 4 is 95.6 Å². The maximum atomic E-state index is 13.3. The van der Waals surface area contributed by atoms with Crippen LogP contribution in [0.25, 0.3) is 20.9 Å². The molecule has 0 bridgehead atoms. The van der Waals surface area contributed by atoms with Crippen molar-refractivity contribution in [2.45, 2.75) is 147 Å². The molecule has 1 fully saturated rings. The van der Waals surface area contributed by atoms with Gasteiger partial charge in [0, 0.05) is 47.4 Å². The Kier molecular flexibility index (Phi) is 26.0. The van der Waals surface area contributed by atoms with E-state index >= 15 is 0 Å². The number of ether oxygens (including phenoxy) is 7. The summed E-state index contributed by atoms with van der Waals surface area (Å²) in [5, 5.41) is 0. The molecule has 4 aromatic rings. The number of esters is 5. The van der Waals surface area contributed by atoms with Crippen LogP contribution in [0.2, 0.25) is 0 Å². The maximum absolute atomic E-state index is 13.3. The fraction of sp³-hybridized carbons (Fsp3) is 0.518. The van der Waals surface area contributed by atoms with Crippen LogP contribution >= 0.6 is 65.8 Å². The van der Waals surface area contributed by atoms with Gasteiger partial charge in [-0.05, 0) is 187 Å². The Morgan fingerprint density at radius 2 is 1.09 bits per heavy atom. The molecule has 2 aromatic heterocycles. The van der Waals surface area contributed by atoms with Crippen molar-refractivity contribution in [3.63, 3.8) is 0 Å². The molecule has 6 rings (SSSR count). The van der Waals surface area contributed by atoms with Crippen LogP contribution in [-0.2, 0) is 47.7 Å². The molecule has 18 heteroatoms. The van der Waals surface area contributed by atoms with Gasteiger partial charge in [-0.3, -0.25) is 19.2 Å². The zero-order valence-electron chi connectivity index (χ0n) is 42.1. The molecule has 1 aliphatic heterocycles. The predicted octanol–water partition coefficient (Wildman–Crippen LogP) is 14.8. The number of hydrogen-bond acceptors (Lipinski definition) is 18. The summed E-state index contributed by atoms with van der Waals surface area (Å²) in [4.78, 5) is 66.4. The van der Waals surface area contributed by atoms with Crippen molar-refractivity contribution in [1.29, 1.82) is 0 Å². The summed E-state index contributed by atoms with van der Waals surface area (Å²) in [5.41, 5.74) is 2.26. The zero-order valence-corrected chi connectivity index (χ0v) is 47.0. The quantitative estimate of drug-likeness (QED) is 0.0132. The Morgan fingerprint density at radius 3 is 1.61 bits per heavy atom. The van der Waals surface area contributed by atoms with Crippen molar-refractivity contribution in [3.05, 3.63) is 92.6 Å². The van der Waals surface area contributed by atoms with Crippen LogP contribution in [0.4, 0.5) is 0 Å². The summed E-state index contributed by atoms with van der Waals surface area (Å²) in [7, 11) is 6.55. The van der Waals surface area contributed by atoms with E-state index in [0.717, 1.165) is 104 Å². The van der Waals surface area contributed by atoms with Gasteiger partial charge in [0.2, 0.25) is 0 Å². The number of benzene rings is 2. The van der Waals surface area contributed by atoms with E-state index in [9.17, 15) is 24.0 Å². The van der Waals surface area contributed by atoms with Gasteiger partial charge in [-0.15, -0.1) is 0 Å². The first kappa shape index (κ1) is 58.7. The first-order chi connectivity index (χ1) is 36.0. The van der Waals surface area contributed by atoms with Crippen molar-refractivity contribution in [1.82, 2.24) is 0 Å². The van der Waals surface area contributed by atoms with E-state index in [1.165, 1.54) is 6.08 Å². The van der Waals surface area contributed by atoms with E-state index in [-0.39, 0.29) is 62.0 Å². The van der Waals surface area contributed by atoms with Gasteiger partial charge in [-0.1, -0.05) is 77.9 Å². The molecule has 0 unspecified atom stereocenters. The minimum atomic E-state index is -0.801. The second-order valence-electron chi connectivity index (χ2n) is 18.5. The molecule has 2 aromatic carbocycles. The number of hydrogen-bond donors (Lipinski definition) is 0. The zero-order chi connectivity index (χ0) is 52.3. The summed E-state index contributed by atoms with van der Waals surface area (Å²) < 4.78 is 41.9. The van der Waals surface area contributed by atoms with Crippen molar-refractivity contribution in [2.24, 2.45) is 11.8 Å². The van der Waals surface area contributed by atoms with Crippen LogP contribution in [0, 0.1) is 19.5 Å². The van der Waals surface area contributed by atoms with Gasteiger partial charge in [0.25, 0.3) is 0 Å². The lowest BCUT2D eigenvalue weighted by molar-refractivity contribution is -0.153. The number of cyclic esters (lactones) is 1. The lowest BCUT2D eigenvalue weighted by atomic mass is 9.89. The molecule has 400 valence electrons. The molecule has 0 radical (unpaired) electrons. The van der Waals surface area contributed by atoms with E-state index in [1.807, 2.05) is 67.6 Å². The molecule has 0 N–H and O–H groups in total. The number of allylic oxidation sites excluding steroid dienone is 2. The number of unbranched alkanes of at least 4 members (excludes halogenated alkanes) is 6. The molecule has 0 spiro atoms. The van der Waals surface area contributed by atoms with Crippen LogP contribution < -0.4 is 9.47 Å². The number of carbonyl (C=O) groups excluding carboxylic acids is 5. The normalized spacial score (nSPS) is 19.6. The van der Waals surface area contributed by atoms with Gasteiger partial charge in [0.15, 0.2) is 0 Å². The van der Waals surface area contributed by atoms with Gasteiger partial charge in [-0.2, -0.15) is 0 Å². The molecule has 74 heavy (non-hydrogen) atoms. The van der Waals surface area contributed by atoms with E-state index in [4.69, 9.17) is 57.6 Å². The van der Waals surface area contributed by atoms with Crippen molar-refractivity contribution in [3.8, 4) is 32.4 Å². The molecular formula is C56H68O12S6. The highest BCUT2D eigenvalue weighted by molar-refractivity contribution is 7.80. The average molecular weight is 1130 g/mol. The van der Waals surface area contributed by atoms with Gasteiger partial charge >= 0.3 is 29.8 Å². The minimum absolute atomic E-state index is 0.0117. The lowest BCUT2D eigenvalue weighted by Crippen LogP contribution is -2.28. The second kappa shape index (κ2) is 32.8. The van der Waals surface area contributed by atoms with Crippen LogP contribution in [0.1, 0.15) is 129 Å². The smallest absolute Gasteiger partial charge is 0.330 e. The predicted molar refractivity (Wildman–Crippen MR) is 298 cm³/mol. The number of fused-ring (bicyclic) bond motifs is 1. The van der Waals surface area contributed by atoms with E-state index in [2.05, 4.69) is 12.2 Å². The highest BCUT2D eigenvalue weighted by atomic mass is 32.9. The molecule has 12 nitrogen and oxygen atoms in total. The van der Waals surface area contributed by atoms with E-state index < -0.39 is 30.1 Å². The van der Waals surface area contributed by atoms with Gasteiger partial charge in [0.05, 0.1) is 32.5 Å². The Bertz CT molecular complexity index is 2540. The summed E-state index contributed by atoms with van der Waals surface area (Å²) >= 11 is 10.5. The summed E-state index contributed by atoms with van der Waals surface area (Å²) in [6.45, 7) is 3.70. The van der Waals surface area contributed by atoms with E-state index in [0.29, 0.717) is 52.1 Å². The third-order valence-electron chi connectivity index (χ3n) is 12.6. The topological polar surface area (TPSA) is 150 Å². The largest absolute Gasteiger partial charge is 0.494 e. The second-order valence-corrected chi connectivity index (χ2v) is 24.4. The summed E-state index contributed by atoms with van der Waals surface area (Å²) in [6.07, 6.45) is 16.5. The maximum Gasteiger partial charge on any atom is 0.330 e. The monoisotopic (exact) mass is 1120 g/mol. The van der Waals surface area contributed by atoms with Crippen LogP contribution in [-0.4, -0.2) is 74.6 Å². The standard InChI is InChI=1S/C56H68O12S6/c1-39-15-7-6-8-16-42-35-45(67-52(59)19-13-17-50(57)64-33-11-4-2-9-31-62-43-25-21-40(22-26-43)48-37-55(69)73-71-48)36-46(42)47(29-30-54(61)66-39)68-53(60)20-14-18-51(58)65-34-12-5-3-10-32-63-44-27-23-41(24-28-44)49-38-56(70)74-72-49/h8,16,21-30,37-39,42,45-47H,2-7,9-15,17-20,31-36H2,1H3/b16-8+,30-29+/t39-,42+,45-,46+,47+/m0/s1. The van der Waals surface area contributed by atoms with Crippen LogP contribution in [0.5, 0.6) is 11.5 Å². The Balaban J connectivity index is 0.832. The Hall–Kier alpha value is -4.59. The van der Waals surface area contributed by atoms with Crippen LogP contribution in [0.3, 0.4) is 0 Å². The molecule has 0 amide bonds. The Morgan fingerprint density at radius 1 is 0.595 bits per heavy atom. The number of carbonyl (C=O) groups is 5.